The Morgan fingerprint density at radius 1 is 1.45 bits per heavy atom. The maximum absolute atomic E-state index is 5.78. The predicted molar refractivity (Wildman–Crippen MR) is 87.5 cm³/mol. The smallest absolute Gasteiger partial charge is 0.193 e. The van der Waals surface area contributed by atoms with E-state index in [-0.39, 0.29) is 0 Å². The van der Waals surface area contributed by atoms with Crippen LogP contribution < -0.4 is 10.6 Å². The number of rotatable bonds is 4. The number of thiocarbonyl (C=S) groups is 1. The zero-order valence-corrected chi connectivity index (χ0v) is 12.6. The first-order valence-corrected chi connectivity index (χ1v) is 7.45. The van der Waals surface area contributed by atoms with Crippen molar-refractivity contribution in [2.45, 2.75) is 6.54 Å². The number of para-hydroxylation sites is 1. The first-order valence-electron chi connectivity index (χ1n) is 6.16. The molecule has 0 unspecified atom stereocenters. The normalized spacial score (nSPS) is 10.8. The van der Waals surface area contributed by atoms with Gasteiger partial charge in [0.15, 0.2) is 4.96 Å². The van der Waals surface area contributed by atoms with Crippen LogP contribution in [0.3, 0.4) is 0 Å². The number of hydrogen-bond donors (Lipinski definition) is 1. The standard InChI is InChI=1S/C14H14N4S2/c1-17(12-5-3-2-4-11(12)13(15)19)8-10-9-18-6-7-20-14(18)16-10/h2-7,9H,8H2,1H3,(H2,15,19). The largest absolute Gasteiger partial charge is 0.389 e. The van der Waals surface area contributed by atoms with Crippen LogP contribution >= 0.6 is 23.6 Å². The summed E-state index contributed by atoms with van der Waals surface area (Å²) in [4.78, 5) is 8.13. The van der Waals surface area contributed by atoms with Crippen molar-refractivity contribution in [3.63, 3.8) is 0 Å². The van der Waals surface area contributed by atoms with Crippen LogP contribution in [0.5, 0.6) is 0 Å². The Morgan fingerprint density at radius 2 is 2.25 bits per heavy atom. The van der Waals surface area contributed by atoms with Gasteiger partial charge >= 0.3 is 0 Å². The lowest BCUT2D eigenvalue weighted by molar-refractivity contribution is 0.895. The van der Waals surface area contributed by atoms with Gasteiger partial charge in [-0.05, 0) is 12.1 Å². The first-order chi connectivity index (χ1) is 9.65. The Morgan fingerprint density at radius 3 is 3.00 bits per heavy atom. The van der Waals surface area contributed by atoms with Crippen LogP contribution in [0.4, 0.5) is 5.69 Å². The van der Waals surface area contributed by atoms with Gasteiger partial charge < -0.3 is 10.6 Å². The van der Waals surface area contributed by atoms with Crippen LogP contribution in [0.2, 0.25) is 0 Å². The molecule has 0 aliphatic heterocycles. The molecule has 0 amide bonds. The van der Waals surface area contributed by atoms with Crippen LogP contribution in [-0.2, 0) is 6.54 Å². The third-order valence-corrected chi connectivity index (χ3v) is 4.11. The summed E-state index contributed by atoms with van der Waals surface area (Å²) in [6, 6.07) is 7.89. The maximum Gasteiger partial charge on any atom is 0.193 e. The molecule has 0 saturated carbocycles. The highest BCUT2D eigenvalue weighted by atomic mass is 32.1. The van der Waals surface area contributed by atoms with Crippen molar-refractivity contribution in [2.24, 2.45) is 5.73 Å². The van der Waals surface area contributed by atoms with E-state index in [1.165, 1.54) is 0 Å². The number of benzene rings is 1. The van der Waals surface area contributed by atoms with Gasteiger partial charge in [-0.2, -0.15) is 0 Å². The monoisotopic (exact) mass is 302 g/mol. The molecule has 2 aromatic heterocycles. The molecular formula is C14H14N4S2. The van der Waals surface area contributed by atoms with Crippen molar-refractivity contribution in [1.82, 2.24) is 9.38 Å². The van der Waals surface area contributed by atoms with E-state index in [4.69, 9.17) is 18.0 Å². The number of thiazole rings is 1. The number of imidazole rings is 1. The van der Waals surface area contributed by atoms with Crippen molar-refractivity contribution in [2.75, 3.05) is 11.9 Å². The fourth-order valence-corrected chi connectivity index (χ4v) is 3.09. The summed E-state index contributed by atoms with van der Waals surface area (Å²) in [5, 5.41) is 2.03. The van der Waals surface area contributed by atoms with Crippen LogP contribution in [0.1, 0.15) is 11.3 Å². The van der Waals surface area contributed by atoms with Crippen LogP contribution in [0.25, 0.3) is 4.96 Å². The van der Waals surface area contributed by atoms with Crippen molar-refractivity contribution in [3.8, 4) is 0 Å². The minimum atomic E-state index is 0.415. The summed E-state index contributed by atoms with van der Waals surface area (Å²) >= 11 is 6.74. The van der Waals surface area contributed by atoms with Gasteiger partial charge in [0.2, 0.25) is 0 Å². The first kappa shape index (κ1) is 13.1. The molecule has 4 nitrogen and oxygen atoms in total. The lowest BCUT2D eigenvalue weighted by atomic mass is 10.1. The molecule has 6 heteroatoms. The molecule has 102 valence electrons. The SMILES string of the molecule is CN(Cc1cn2ccsc2n1)c1ccccc1C(N)=S. The molecule has 0 bridgehead atoms. The Bertz CT molecular complexity index is 731. The van der Waals surface area contributed by atoms with Crippen molar-refractivity contribution in [1.29, 1.82) is 0 Å². The van der Waals surface area contributed by atoms with Gasteiger partial charge in [0.1, 0.15) is 4.99 Å². The lowest BCUT2D eigenvalue weighted by Gasteiger charge is -2.21. The average Bonchev–Trinajstić information content (AvgIpc) is 2.99. The number of anilines is 1. The van der Waals surface area contributed by atoms with E-state index in [0.29, 0.717) is 11.5 Å². The topological polar surface area (TPSA) is 46.6 Å². The molecule has 0 aliphatic carbocycles. The van der Waals surface area contributed by atoms with Crippen LogP contribution in [0.15, 0.2) is 42.0 Å². The quantitative estimate of drug-likeness (QED) is 0.753. The molecular weight excluding hydrogens is 288 g/mol. The maximum atomic E-state index is 5.78. The number of fused-ring (bicyclic) bond motifs is 1. The van der Waals surface area contributed by atoms with E-state index in [1.54, 1.807) is 11.3 Å². The molecule has 3 rings (SSSR count). The Kier molecular flexibility index (Phi) is 3.42. The minimum Gasteiger partial charge on any atom is -0.389 e. The highest BCUT2D eigenvalue weighted by Crippen LogP contribution is 2.21. The van der Waals surface area contributed by atoms with Crippen molar-refractivity contribution in [3.05, 3.63) is 53.3 Å². The van der Waals surface area contributed by atoms with E-state index >= 15 is 0 Å². The van der Waals surface area contributed by atoms with Gasteiger partial charge in [-0.1, -0.05) is 24.4 Å². The second-order valence-electron chi connectivity index (χ2n) is 4.56. The van der Waals surface area contributed by atoms with Gasteiger partial charge in [0, 0.05) is 36.1 Å². The molecule has 1 aromatic carbocycles. The second-order valence-corrected chi connectivity index (χ2v) is 5.88. The molecule has 0 aliphatic rings. The molecule has 0 atom stereocenters. The number of nitrogens with two attached hydrogens (primary N) is 1. The van der Waals surface area contributed by atoms with E-state index in [1.807, 2.05) is 53.5 Å². The summed E-state index contributed by atoms with van der Waals surface area (Å²) in [6.45, 7) is 0.716. The van der Waals surface area contributed by atoms with Crippen molar-refractivity contribution >= 4 is 39.2 Å². The van der Waals surface area contributed by atoms with E-state index < -0.39 is 0 Å². The third kappa shape index (κ3) is 2.39. The summed E-state index contributed by atoms with van der Waals surface area (Å²) in [5.74, 6) is 0. The molecule has 2 heterocycles. The fourth-order valence-electron chi connectivity index (χ4n) is 2.20. The second kappa shape index (κ2) is 5.22. The molecule has 0 fully saturated rings. The van der Waals surface area contributed by atoms with Gasteiger partial charge in [0.05, 0.1) is 12.2 Å². The highest BCUT2D eigenvalue weighted by Gasteiger charge is 2.11. The van der Waals surface area contributed by atoms with Crippen molar-refractivity contribution < 1.29 is 0 Å². The molecule has 2 N–H and O–H groups in total. The van der Waals surface area contributed by atoms with Gasteiger partial charge in [-0.3, -0.25) is 4.40 Å². The summed E-state index contributed by atoms with van der Waals surface area (Å²) in [5.41, 5.74) is 8.72. The summed E-state index contributed by atoms with van der Waals surface area (Å²) in [6.07, 6.45) is 4.06. The van der Waals surface area contributed by atoms with E-state index in [0.717, 1.165) is 21.9 Å². The molecule has 3 aromatic rings. The predicted octanol–water partition coefficient (Wildman–Crippen LogP) is 2.67. The minimum absolute atomic E-state index is 0.415. The Hall–Kier alpha value is -1.92. The zero-order valence-electron chi connectivity index (χ0n) is 11.0. The van der Waals surface area contributed by atoms with Gasteiger partial charge in [-0.15, -0.1) is 11.3 Å². The average molecular weight is 302 g/mol. The van der Waals surface area contributed by atoms with Crippen LogP contribution in [-0.4, -0.2) is 21.4 Å². The number of nitrogens with zero attached hydrogens (tertiary/aromatic N) is 3. The van der Waals surface area contributed by atoms with Gasteiger partial charge in [-0.25, -0.2) is 4.98 Å². The molecule has 0 radical (unpaired) electrons. The number of aromatic nitrogens is 2. The number of hydrogen-bond acceptors (Lipinski definition) is 4. The summed E-state index contributed by atoms with van der Waals surface area (Å²) < 4.78 is 2.04. The van der Waals surface area contributed by atoms with E-state index in [2.05, 4.69) is 9.88 Å². The lowest BCUT2D eigenvalue weighted by Crippen LogP contribution is -2.21. The fraction of sp³-hybridized carbons (Fsp3) is 0.143. The third-order valence-electron chi connectivity index (χ3n) is 3.12. The van der Waals surface area contributed by atoms with E-state index in [9.17, 15) is 0 Å². The molecule has 20 heavy (non-hydrogen) atoms. The highest BCUT2D eigenvalue weighted by molar-refractivity contribution is 7.80. The molecule has 0 saturated heterocycles. The zero-order chi connectivity index (χ0) is 14.1. The Labute approximate surface area is 126 Å². The summed E-state index contributed by atoms with van der Waals surface area (Å²) in [7, 11) is 2.02. The Balaban J connectivity index is 1.87. The van der Waals surface area contributed by atoms with Crippen LogP contribution in [0, 0.1) is 0 Å². The van der Waals surface area contributed by atoms with Gasteiger partial charge in [0.25, 0.3) is 0 Å². The molecule has 0 spiro atoms.